The second kappa shape index (κ2) is 11.5. The zero-order valence-corrected chi connectivity index (χ0v) is 22.1. The van der Waals surface area contributed by atoms with E-state index in [1.54, 1.807) is 23.5 Å². The van der Waals surface area contributed by atoms with Crippen molar-refractivity contribution in [3.8, 4) is 34.2 Å². The molecule has 6 nitrogen and oxygen atoms in total. The summed E-state index contributed by atoms with van der Waals surface area (Å²) in [5.74, 6) is 3.35. The topological polar surface area (TPSA) is 61.4 Å². The van der Waals surface area contributed by atoms with Gasteiger partial charge in [0, 0.05) is 34.0 Å². The fourth-order valence-corrected chi connectivity index (χ4v) is 6.03. The first-order valence-electron chi connectivity index (χ1n) is 12.3. The van der Waals surface area contributed by atoms with E-state index in [0.29, 0.717) is 0 Å². The fraction of sp³-hybridized carbons (Fsp3) is 0.0667. The molecule has 2 heterocycles. The van der Waals surface area contributed by atoms with Gasteiger partial charge in [0.15, 0.2) is 22.0 Å². The number of hydrogen-bond acceptors (Lipinski definition) is 6. The van der Waals surface area contributed by atoms with Crippen molar-refractivity contribution in [2.45, 2.75) is 10.3 Å². The molecule has 2 aromatic heterocycles. The minimum atomic E-state index is 0.836. The lowest BCUT2D eigenvalue weighted by Crippen LogP contribution is -2.01. The van der Waals surface area contributed by atoms with Gasteiger partial charge in [0.1, 0.15) is 0 Å². The molecule has 0 aliphatic rings. The number of thioether (sulfide) groups is 2. The van der Waals surface area contributed by atoms with Crippen molar-refractivity contribution in [3.63, 3.8) is 0 Å². The molecule has 0 saturated heterocycles. The van der Waals surface area contributed by atoms with Crippen LogP contribution in [0.15, 0.2) is 132 Å². The van der Waals surface area contributed by atoms with Gasteiger partial charge in [-0.2, -0.15) is 0 Å². The summed E-state index contributed by atoms with van der Waals surface area (Å²) >= 11 is 3.39. The van der Waals surface area contributed by atoms with E-state index >= 15 is 0 Å². The van der Waals surface area contributed by atoms with Gasteiger partial charge in [0.25, 0.3) is 0 Å². The molecule has 0 aliphatic carbocycles. The maximum Gasteiger partial charge on any atom is 0.196 e. The van der Waals surface area contributed by atoms with Gasteiger partial charge in [0.2, 0.25) is 0 Å². The van der Waals surface area contributed by atoms with Gasteiger partial charge in [-0.15, -0.1) is 20.4 Å². The molecule has 4 aromatic carbocycles. The number of rotatable bonds is 9. The smallest absolute Gasteiger partial charge is 0.196 e. The highest BCUT2D eigenvalue weighted by molar-refractivity contribution is 8.02. The lowest BCUT2D eigenvalue weighted by molar-refractivity contribution is 0.884. The van der Waals surface area contributed by atoms with Gasteiger partial charge in [0.05, 0.1) is 0 Å². The SMILES string of the molecule is c1ccc(-c2nnc(SCCSc3nnc(-c4ccccc4)n3-c3ccccc3)n2-c2ccccc2)cc1. The van der Waals surface area contributed by atoms with Crippen molar-refractivity contribution >= 4 is 23.5 Å². The largest absolute Gasteiger partial charge is 0.270 e. The Morgan fingerprint density at radius 2 is 0.763 bits per heavy atom. The van der Waals surface area contributed by atoms with Crippen LogP contribution in [0.4, 0.5) is 0 Å². The molecule has 186 valence electrons. The summed E-state index contributed by atoms with van der Waals surface area (Å²) in [6.07, 6.45) is 0. The van der Waals surface area contributed by atoms with Gasteiger partial charge in [-0.05, 0) is 24.3 Å². The van der Waals surface area contributed by atoms with Crippen LogP contribution in [0.25, 0.3) is 34.2 Å². The van der Waals surface area contributed by atoms with Crippen molar-refractivity contribution < 1.29 is 0 Å². The van der Waals surface area contributed by atoms with E-state index in [4.69, 9.17) is 0 Å². The summed E-state index contributed by atoms with van der Waals surface area (Å²) in [6, 6.07) is 40.9. The molecule has 0 bridgehead atoms. The average Bonchev–Trinajstić information content (AvgIpc) is 3.62. The predicted octanol–water partition coefficient (Wildman–Crippen LogP) is 7.07. The van der Waals surface area contributed by atoms with Crippen LogP contribution in [-0.2, 0) is 0 Å². The van der Waals surface area contributed by atoms with E-state index in [9.17, 15) is 0 Å². The first kappa shape index (κ1) is 24.2. The molecule has 6 rings (SSSR count). The minimum absolute atomic E-state index is 0.836. The third-order valence-corrected chi connectivity index (χ3v) is 8.02. The van der Waals surface area contributed by atoms with Crippen molar-refractivity contribution in [2.24, 2.45) is 0 Å². The standard InChI is InChI=1S/C30H24N6S2/c1-5-13-23(14-6-1)27-31-33-29(35(27)25-17-9-3-10-18-25)37-21-22-38-30-34-32-28(24-15-7-2-8-16-24)36(30)26-19-11-4-12-20-26/h1-20H,21-22H2. The van der Waals surface area contributed by atoms with Gasteiger partial charge in [-0.25, -0.2) is 0 Å². The van der Waals surface area contributed by atoms with Crippen molar-refractivity contribution in [1.82, 2.24) is 29.5 Å². The quantitative estimate of drug-likeness (QED) is 0.147. The second-order valence-corrected chi connectivity index (χ2v) is 10.5. The molecule has 6 aromatic rings. The maximum absolute atomic E-state index is 4.56. The summed E-state index contributed by atoms with van der Waals surface area (Å²) in [6.45, 7) is 0. The Morgan fingerprint density at radius 3 is 1.13 bits per heavy atom. The number of nitrogens with zero attached hydrogens (tertiary/aromatic N) is 6. The summed E-state index contributed by atoms with van der Waals surface area (Å²) in [4.78, 5) is 0. The van der Waals surface area contributed by atoms with E-state index in [0.717, 1.165) is 56.0 Å². The van der Waals surface area contributed by atoms with Crippen LogP contribution in [-0.4, -0.2) is 41.0 Å². The number of benzene rings is 4. The molecular formula is C30H24N6S2. The van der Waals surface area contributed by atoms with Crippen LogP contribution in [0, 0.1) is 0 Å². The van der Waals surface area contributed by atoms with Crippen molar-refractivity contribution in [2.75, 3.05) is 11.5 Å². The van der Waals surface area contributed by atoms with E-state index in [-0.39, 0.29) is 0 Å². The predicted molar refractivity (Wildman–Crippen MR) is 155 cm³/mol. The van der Waals surface area contributed by atoms with Crippen LogP contribution in [0.1, 0.15) is 0 Å². The first-order valence-corrected chi connectivity index (χ1v) is 14.2. The number of hydrogen-bond donors (Lipinski definition) is 0. The Kier molecular flexibility index (Phi) is 7.33. The molecule has 0 aliphatic heterocycles. The highest BCUT2D eigenvalue weighted by atomic mass is 32.2. The molecule has 0 fully saturated rings. The highest BCUT2D eigenvalue weighted by Gasteiger charge is 2.18. The third-order valence-electron chi connectivity index (χ3n) is 5.91. The van der Waals surface area contributed by atoms with E-state index < -0.39 is 0 Å². The van der Waals surface area contributed by atoms with Gasteiger partial charge in [-0.3, -0.25) is 9.13 Å². The van der Waals surface area contributed by atoms with Gasteiger partial charge >= 0.3 is 0 Å². The molecule has 0 amide bonds. The van der Waals surface area contributed by atoms with Crippen LogP contribution in [0.2, 0.25) is 0 Å². The minimum Gasteiger partial charge on any atom is -0.270 e. The zero-order chi connectivity index (χ0) is 25.6. The summed E-state index contributed by atoms with van der Waals surface area (Å²) < 4.78 is 4.26. The van der Waals surface area contributed by atoms with Gasteiger partial charge in [-0.1, -0.05) is 121 Å². The zero-order valence-electron chi connectivity index (χ0n) is 20.5. The molecule has 38 heavy (non-hydrogen) atoms. The molecule has 8 heteroatoms. The number of para-hydroxylation sites is 2. The summed E-state index contributed by atoms with van der Waals surface area (Å²) in [5, 5.41) is 19.9. The van der Waals surface area contributed by atoms with Crippen LogP contribution in [0.3, 0.4) is 0 Å². The van der Waals surface area contributed by atoms with Crippen LogP contribution in [0.5, 0.6) is 0 Å². The van der Waals surface area contributed by atoms with E-state index in [1.165, 1.54) is 0 Å². The molecule has 0 radical (unpaired) electrons. The molecule has 0 unspecified atom stereocenters. The molecule has 0 saturated carbocycles. The van der Waals surface area contributed by atoms with Gasteiger partial charge < -0.3 is 0 Å². The molecular weight excluding hydrogens is 509 g/mol. The molecule has 0 atom stereocenters. The van der Waals surface area contributed by atoms with Crippen molar-refractivity contribution in [3.05, 3.63) is 121 Å². The maximum atomic E-state index is 4.56. The Morgan fingerprint density at radius 1 is 0.421 bits per heavy atom. The Bertz CT molecular complexity index is 1480. The highest BCUT2D eigenvalue weighted by Crippen LogP contribution is 2.31. The number of aromatic nitrogens is 6. The first-order chi connectivity index (χ1) is 18.9. The molecule has 0 N–H and O–H groups in total. The monoisotopic (exact) mass is 532 g/mol. The second-order valence-electron chi connectivity index (χ2n) is 8.38. The van der Waals surface area contributed by atoms with Crippen LogP contribution < -0.4 is 0 Å². The van der Waals surface area contributed by atoms with E-state index in [1.807, 2.05) is 72.8 Å². The third kappa shape index (κ3) is 5.14. The van der Waals surface area contributed by atoms with E-state index in [2.05, 4.69) is 78.1 Å². The normalized spacial score (nSPS) is 11.1. The Balaban J connectivity index is 1.23. The Hall–Kier alpha value is -4.14. The lowest BCUT2D eigenvalue weighted by atomic mass is 10.2. The average molecular weight is 533 g/mol. The van der Waals surface area contributed by atoms with Crippen molar-refractivity contribution in [1.29, 1.82) is 0 Å². The Labute approximate surface area is 229 Å². The summed E-state index contributed by atoms with van der Waals surface area (Å²) in [7, 11) is 0. The summed E-state index contributed by atoms with van der Waals surface area (Å²) in [5.41, 5.74) is 4.16. The fourth-order valence-electron chi connectivity index (χ4n) is 4.16. The lowest BCUT2D eigenvalue weighted by Gasteiger charge is -2.11. The van der Waals surface area contributed by atoms with Crippen LogP contribution >= 0.6 is 23.5 Å². The molecule has 0 spiro atoms.